The molecule has 1 saturated heterocycles. The molecule has 236 valence electrons. The van der Waals surface area contributed by atoms with Crippen molar-refractivity contribution in [1.82, 2.24) is 15.2 Å². The molecular formula is C34H50FN5O3. The van der Waals surface area contributed by atoms with Gasteiger partial charge in [-0.15, -0.1) is 0 Å². The van der Waals surface area contributed by atoms with Gasteiger partial charge in [-0.3, -0.25) is 14.4 Å². The summed E-state index contributed by atoms with van der Waals surface area (Å²) in [5.41, 5.74) is 8.32. The number of carbonyl (C=O) groups excluding carboxylic acids is 3. The van der Waals surface area contributed by atoms with Crippen molar-refractivity contribution in [3.05, 3.63) is 95.6 Å². The first-order chi connectivity index (χ1) is 20.7. The van der Waals surface area contributed by atoms with Gasteiger partial charge < -0.3 is 21.3 Å². The first kappa shape index (κ1) is 39.2. The summed E-state index contributed by atoms with van der Waals surface area (Å²) in [6.45, 7) is 11.2. The zero-order valence-corrected chi connectivity index (χ0v) is 26.6. The van der Waals surface area contributed by atoms with Crippen LogP contribution in [0.5, 0.6) is 0 Å². The molecule has 1 aliphatic rings. The van der Waals surface area contributed by atoms with Crippen molar-refractivity contribution in [2.45, 2.75) is 53.0 Å². The topological polar surface area (TPSA) is 117 Å². The van der Waals surface area contributed by atoms with E-state index in [0.717, 1.165) is 0 Å². The summed E-state index contributed by atoms with van der Waals surface area (Å²) < 4.78 is 12.7. The van der Waals surface area contributed by atoms with E-state index in [9.17, 15) is 18.8 Å². The van der Waals surface area contributed by atoms with E-state index in [1.165, 1.54) is 55.8 Å². The van der Waals surface area contributed by atoms with Gasteiger partial charge >= 0.3 is 0 Å². The molecule has 1 fully saturated rings. The molecular weight excluding hydrogens is 545 g/mol. The Kier molecular flexibility index (Phi) is 22.6. The Balaban J connectivity index is 0.000000590. The van der Waals surface area contributed by atoms with Crippen LogP contribution in [0.15, 0.2) is 72.8 Å². The van der Waals surface area contributed by atoms with Crippen LogP contribution in [0.2, 0.25) is 0 Å². The van der Waals surface area contributed by atoms with E-state index >= 15 is 0 Å². The van der Waals surface area contributed by atoms with Crippen LogP contribution < -0.4 is 16.4 Å². The van der Waals surface area contributed by atoms with E-state index in [4.69, 9.17) is 5.73 Å². The third-order valence-electron chi connectivity index (χ3n) is 5.99. The van der Waals surface area contributed by atoms with Gasteiger partial charge in [0, 0.05) is 24.2 Å². The molecule has 0 radical (unpaired) electrons. The van der Waals surface area contributed by atoms with Crippen molar-refractivity contribution in [2.75, 3.05) is 39.0 Å². The number of halogens is 1. The third kappa shape index (κ3) is 19.9. The van der Waals surface area contributed by atoms with Crippen LogP contribution in [0.4, 0.5) is 10.1 Å². The number of aldehydes is 2. The Labute approximate surface area is 257 Å². The summed E-state index contributed by atoms with van der Waals surface area (Å²) in [4.78, 5) is 38.1. The Bertz CT molecular complexity index is 1120. The van der Waals surface area contributed by atoms with Gasteiger partial charge in [0.15, 0.2) is 12.6 Å². The molecule has 3 aromatic rings. The van der Waals surface area contributed by atoms with E-state index in [1.54, 1.807) is 18.2 Å². The monoisotopic (exact) mass is 595 g/mol. The highest BCUT2D eigenvalue weighted by molar-refractivity contribution is 5.92. The van der Waals surface area contributed by atoms with Crippen LogP contribution in [0.3, 0.4) is 0 Å². The Morgan fingerprint density at radius 3 is 1.88 bits per heavy atom. The zero-order valence-electron chi connectivity index (χ0n) is 26.6. The second-order valence-electron chi connectivity index (χ2n) is 9.84. The second kappa shape index (κ2) is 24.8. The molecule has 2 aromatic carbocycles. The normalized spacial score (nSPS) is 13.0. The van der Waals surface area contributed by atoms with Crippen molar-refractivity contribution >= 4 is 24.2 Å². The summed E-state index contributed by atoms with van der Waals surface area (Å²) in [6.07, 6.45) is 4.64. The predicted molar refractivity (Wildman–Crippen MR) is 175 cm³/mol. The molecule has 9 heteroatoms. The number of aryl methyl sites for hydroxylation is 1. The van der Waals surface area contributed by atoms with Gasteiger partial charge in [0.2, 0.25) is 5.91 Å². The number of anilines is 1. The van der Waals surface area contributed by atoms with Gasteiger partial charge in [0.05, 0.1) is 0 Å². The molecule has 0 saturated carbocycles. The quantitative estimate of drug-likeness (QED) is 0.283. The fraction of sp³-hybridized carbons (Fsp3) is 0.412. The molecule has 2 unspecified atom stereocenters. The van der Waals surface area contributed by atoms with Crippen LogP contribution in [-0.4, -0.2) is 68.1 Å². The maximum Gasteiger partial charge on any atom is 0.227 e. The number of nitrogens with two attached hydrogens (primary N) is 1. The highest BCUT2D eigenvalue weighted by Crippen LogP contribution is 2.12. The van der Waals surface area contributed by atoms with E-state index in [2.05, 4.69) is 46.6 Å². The van der Waals surface area contributed by atoms with Gasteiger partial charge in [-0.05, 0) is 89.8 Å². The summed E-state index contributed by atoms with van der Waals surface area (Å²) in [7, 11) is 4.00. The van der Waals surface area contributed by atoms with Crippen molar-refractivity contribution < 1.29 is 18.8 Å². The summed E-state index contributed by atoms with van der Waals surface area (Å²) in [6, 6.07) is 20.6. The van der Waals surface area contributed by atoms with E-state index in [1.807, 2.05) is 46.0 Å². The molecule has 8 nitrogen and oxygen atoms in total. The standard InChI is InChI=1S/C13H20FN3O.C7H5NO2.C7H8.C5H11N.C2H6/c1-9(7-11(15)8-16-2)13(18)17-12-5-3-10(14)4-6-12;9-4-6-2-1-3-7(5-10)8-6;1-7-5-3-2-4-6-7;1-6-4-2-3-5-6;1-2/h3-6,9,11,16H,7-8,15H2,1-2H3,(H,17,18);1-5H;2-6H,1H3;2-5H2,1H3;1-2H3. The molecule has 1 amide bonds. The molecule has 4 rings (SSSR count). The third-order valence-corrected chi connectivity index (χ3v) is 5.99. The molecule has 2 atom stereocenters. The lowest BCUT2D eigenvalue weighted by Gasteiger charge is -2.16. The number of hydrogen-bond donors (Lipinski definition) is 3. The minimum Gasteiger partial charge on any atom is -0.327 e. The van der Waals surface area contributed by atoms with Gasteiger partial charge in [-0.25, -0.2) is 9.37 Å². The lowest BCUT2D eigenvalue weighted by atomic mass is 10.0. The number of pyridine rings is 1. The minimum atomic E-state index is -0.322. The fourth-order valence-electron chi connectivity index (χ4n) is 3.72. The number of aromatic nitrogens is 1. The van der Waals surface area contributed by atoms with E-state index in [-0.39, 0.29) is 35.1 Å². The van der Waals surface area contributed by atoms with E-state index < -0.39 is 0 Å². The maximum absolute atomic E-state index is 12.7. The predicted octanol–water partition coefficient (Wildman–Crippen LogP) is 5.78. The number of likely N-dealkylation sites (tertiary alicyclic amines) is 1. The smallest absolute Gasteiger partial charge is 0.227 e. The van der Waals surface area contributed by atoms with Crippen molar-refractivity contribution in [2.24, 2.45) is 11.7 Å². The number of likely N-dealkylation sites (N-methyl/N-ethyl adjacent to an activating group) is 1. The zero-order chi connectivity index (χ0) is 32.5. The highest BCUT2D eigenvalue weighted by Gasteiger charge is 2.16. The summed E-state index contributed by atoms with van der Waals surface area (Å²) in [5.74, 6) is -0.608. The highest BCUT2D eigenvalue weighted by atomic mass is 19.1. The Morgan fingerprint density at radius 1 is 0.953 bits per heavy atom. The summed E-state index contributed by atoms with van der Waals surface area (Å²) in [5, 5.41) is 5.70. The van der Waals surface area contributed by atoms with Crippen LogP contribution >= 0.6 is 0 Å². The Morgan fingerprint density at radius 2 is 1.49 bits per heavy atom. The maximum atomic E-state index is 12.7. The van der Waals surface area contributed by atoms with Crippen LogP contribution in [0.1, 0.15) is 66.6 Å². The summed E-state index contributed by atoms with van der Waals surface area (Å²) >= 11 is 0. The molecule has 2 heterocycles. The van der Waals surface area contributed by atoms with Gasteiger partial charge in [-0.1, -0.05) is 62.7 Å². The number of amides is 1. The van der Waals surface area contributed by atoms with Crippen molar-refractivity contribution in [1.29, 1.82) is 0 Å². The van der Waals surface area contributed by atoms with Crippen LogP contribution in [0.25, 0.3) is 0 Å². The molecule has 43 heavy (non-hydrogen) atoms. The number of hydrogen-bond acceptors (Lipinski definition) is 7. The average molecular weight is 596 g/mol. The molecule has 1 aliphatic heterocycles. The van der Waals surface area contributed by atoms with Gasteiger partial charge in [0.1, 0.15) is 17.2 Å². The Hall–Kier alpha value is -3.79. The molecule has 0 spiro atoms. The number of nitrogens with zero attached hydrogens (tertiary/aromatic N) is 2. The van der Waals surface area contributed by atoms with Crippen LogP contribution in [0, 0.1) is 18.7 Å². The first-order valence-electron chi connectivity index (χ1n) is 14.7. The number of benzene rings is 2. The molecule has 4 N–H and O–H groups in total. The van der Waals surface area contributed by atoms with E-state index in [0.29, 0.717) is 31.2 Å². The fourth-order valence-corrected chi connectivity index (χ4v) is 3.72. The second-order valence-corrected chi connectivity index (χ2v) is 9.84. The lowest BCUT2D eigenvalue weighted by molar-refractivity contribution is -0.119. The van der Waals surface area contributed by atoms with Crippen molar-refractivity contribution in [3.8, 4) is 0 Å². The average Bonchev–Trinajstić information content (AvgIpc) is 3.51. The van der Waals surface area contributed by atoms with Crippen LogP contribution in [-0.2, 0) is 4.79 Å². The van der Waals surface area contributed by atoms with Gasteiger partial charge in [0.25, 0.3) is 0 Å². The SMILES string of the molecule is CC.CN1CCCC1.CNCC(N)CC(C)C(=O)Nc1ccc(F)cc1.Cc1ccccc1.O=Cc1cccc(C=O)n1. The number of rotatable bonds is 8. The largest absolute Gasteiger partial charge is 0.327 e. The molecule has 1 aromatic heterocycles. The van der Waals surface area contributed by atoms with Gasteiger partial charge in [-0.2, -0.15) is 0 Å². The lowest BCUT2D eigenvalue weighted by Crippen LogP contribution is -2.36. The first-order valence-corrected chi connectivity index (χ1v) is 14.7. The molecule has 0 aliphatic carbocycles. The molecule has 0 bridgehead atoms. The minimum absolute atomic E-state index is 0.0519. The number of nitrogens with one attached hydrogen (secondary N) is 2. The van der Waals surface area contributed by atoms with Crippen molar-refractivity contribution in [3.63, 3.8) is 0 Å². The number of carbonyl (C=O) groups is 3.